The Morgan fingerprint density at radius 1 is 1.20 bits per heavy atom. The Labute approximate surface area is 177 Å². The predicted octanol–water partition coefficient (Wildman–Crippen LogP) is 3.62. The molecule has 0 fully saturated rings. The van der Waals surface area contributed by atoms with Crippen LogP contribution in [0, 0.1) is 5.92 Å². The Morgan fingerprint density at radius 3 is 2.70 bits per heavy atom. The van der Waals surface area contributed by atoms with Gasteiger partial charge in [-0.2, -0.15) is 5.10 Å². The van der Waals surface area contributed by atoms with Gasteiger partial charge in [0.15, 0.2) is 5.65 Å². The average molecular weight is 422 g/mol. The van der Waals surface area contributed by atoms with Gasteiger partial charge in [0.05, 0.1) is 17.9 Å². The molecule has 3 aromatic heterocycles. The molecule has 3 heterocycles. The highest BCUT2D eigenvalue weighted by atomic mass is 32.1. The van der Waals surface area contributed by atoms with Crippen molar-refractivity contribution >= 4 is 28.3 Å². The van der Waals surface area contributed by atoms with E-state index < -0.39 is 0 Å². The van der Waals surface area contributed by atoms with E-state index in [-0.39, 0.29) is 29.8 Å². The first-order chi connectivity index (χ1) is 14.5. The van der Waals surface area contributed by atoms with Gasteiger partial charge in [-0.3, -0.25) is 9.59 Å². The van der Waals surface area contributed by atoms with Crippen molar-refractivity contribution < 1.29 is 4.79 Å². The van der Waals surface area contributed by atoms with Crippen molar-refractivity contribution in [2.24, 2.45) is 5.92 Å². The van der Waals surface area contributed by atoms with E-state index >= 15 is 0 Å². The summed E-state index contributed by atoms with van der Waals surface area (Å²) >= 11 is 1.64. The van der Waals surface area contributed by atoms with Crippen molar-refractivity contribution in [1.82, 2.24) is 25.1 Å². The number of rotatable bonds is 7. The van der Waals surface area contributed by atoms with Crippen LogP contribution < -0.4 is 10.9 Å². The number of thiophene rings is 1. The summed E-state index contributed by atoms with van der Waals surface area (Å²) in [5.41, 5.74) is 1.06. The minimum atomic E-state index is -0.253. The molecule has 0 aliphatic rings. The standard InChI is InChI=1S/C22H23N5O2S/c1-14(2)20(17-9-6-12-30-17)26-19(28)11-10-18-24-21-16(22(29)25-18)13-23-27(21)15-7-4-3-5-8-15/h3-9,12-14,20H,10-11H2,1-2H3,(H,26,28)(H,24,25,29). The molecule has 8 heteroatoms. The van der Waals surface area contributed by atoms with Gasteiger partial charge in [0.25, 0.3) is 5.56 Å². The molecular formula is C22H23N5O2S. The lowest BCUT2D eigenvalue weighted by atomic mass is 10.0. The number of aromatic amines is 1. The average Bonchev–Trinajstić information content (AvgIpc) is 3.41. The number of hydrogen-bond donors (Lipinski definition) is 2. The van der Waals surface area contributed by atoms with Gasteiger partial charge < -0.3 is 10.3 Å². The molecule has 0 saturated carbocycles. The molecule has 7 nitrogen and oxygen atoms in total. The first-order valence-electron chi connectivity index (χ1n) is 9.88. The first-order valence-corrected chi connectivity index (χ1v) is 10.8. The van der Waals surface area contributed by atoms with Crippen LogP contribution in [-0.2, 0) is 11.2 Å². The summed E-state index contributed by atoms with van der Waals surface area (Å²) in [6.07, 6.45) is 2.09. The number of aryl methyl sites for hydroxylation is 1. The number of carbonyl (C=O) groups is 1. The van der Waals surface area contributed by atoms with Crippen LogP contribution in [-0.4, -0.2) is 25.7 Å². The maximum absolute atomic E-state index is 12.6. The zero-order chi connectivity index (χ0) is 21.1. The normalized spacial score (nSPS) is 12.4. The molecule has 4 rings (SSSR count). The Balaban J connectivity index is 1.51. The summed E-state index contributed by atoms with van der Waals surface area (Å²) in [6.45, 7) is 4.17. The smallest absolute Gasteiger partial charge is 0.262 e. The van der Waals surface area contributed by atoms with Gasteiger partial charge in [-0.05, 0) is 29.5 Å². The third-order valence-corrected chi connectivity index (χ3v) is 5.87. The molecule has 4 aromatic rings. The fourth-order valence-electron chi connectivity index (χ4n) is 3.35. The number of nitrogens with one attached hydrogen (secondary N) is 2. The molecule has 0 radical (unpaired) electrons. The zero-order valence-corrected chi connectivity index (χ0v) is 17.6. The highest BCUT2D eigenvalue weighted by Crippen LogP contribution is 2.25. The number of carbonyl (C=O) groups excluding carboxylic acids is 1. The van der Waals surface area contributed by atoms with E-state index in [4.69, 9.17) is 0 Å². The van der Waals surface area contributed by atoms with Crippen molar-refractivity contribution in [3.63, 3.8) is 0 Å². The number of hydrogen-bond acceptors (Lipinski definition) is 5. The molecular weight excluding hydrogens is 398 g/mol. The predicted molar refractivity (Wildman–Crippen MR) is 118 cm³/mol. The van der Waals surface area contributed by atoms with Crippen LogP contribution in [0.15, 0.2) is 58.8 Å². The van der Waals surface area contributed by atoms with Crippen LogP contribution in [0.5, 0.6) is 0 Å². The summed E-state index contributed by atoms with van der Waals surface area (Å²) in [6, 6.07) is 13.5. The lowest BCUT2D eigenvalue weighted by molar-refractivity contribution is -0.122. The van der Waals surface area contributed by atoms with Crippen LogP contribution in [0.4, 0.5) is 0 Å². The number of H-pyrrole nitrogens is 1. The van der Waals surface area contributed by atoms with Gasteiger partial charge in [-0.15, -0.1) is 11.3 Å². The molecule has 1 unspecified atom stereocenters. The fraction of sp³-hybridized carbons (Fsp3) is 0.273. The Bertz CT molecular complexity index is 1200. The van der Waals surface area contributed by atoms with Crippen LogP contribution in [0.1, 0.15) is 37.0 Å². The van der Waals surface area contributed by atoms with Gasteiger partial charge in [-0.1, -0.05) is 38.1 Å². The van der Waals surface area contributed by atoms with Crippen LogP contribution in [0.25, 0.3) is 16.7 Å². The summed E-state index contributed by atoms with van der Waals surface area (Å²) in [4.78, 5) is 33.5. The second kappa shape index (κ2) is 8.62. The molecule has 1 aromatic carbocycles. The quantitative estimate of drug-likeness (QED) is 0.477. The fourth-order valence-corrected chi connectivity index (χ4v) is 4.30. The van der Waals surface area contributed by atoms with E-state index in [9.17, 15) is 9.59 Å². The molecule has 0 saturated heterocycles. The largest absolute Gasteiger partial charge is 0.348 e. The summed E-state index contributed by atoms with van der Waals surface area (Å²) in [5, 5.41) is 9.84. The summed E-state index contributed by atoms with van der Waals surface area (Å²) in [5.74, 6) is 0.682. The summed E-state index contributed by atoms with van der Waals surface area (Å²) in [7, 11) is 0. The number of amides is 1. The number of para-hydroxylation sites is 1. The Morgan fingerprint density at radius 2 is 2.00 bits per heavy atom. The van der Waals surface area contributed by atoms with Crippen LogP contribution >= 0.6 is 11.3 Å². The van der Waals surface area contributed by atoms with Gasteiger partial charge >= 0.3 is 0 Å². The maximum Gasteiger partial charge on any atom is 0.262 e. The molecule has 1 atom stereocenters. The van der Waals surface area contributed by atoms with Crippen LogP contribution in [0.3, 0.4) is 0 Å². The zero-order valence-electron chi connectivity index (χ0n) is 16.8. The molecule has 0 bridgehead atoms. The van der Waals surface area contributed by atoms with Crippen molar-refractivity contribution in [2.45, 2.75) is 32.7 Å². The highest BCUT2D eigenvalue weighted by Gasteiger charge is 2.19. The van der Waals surface area contributed by atoms with E-state index in [2.05, 4.69) is 34.2 Å². The number of aromatic nitrogens is 4. The van der Waals surface area contributed by atoms with Crippen molar-refractivity contribution in [3.8, 4) is 5.69 Å². The van der Waals surface area contributed by atoms with Crippen molar-refractivity contribution in [2.75, 3.05) is 0 Å². The number of benzene rings is 1. The SMILES string of the molecule is CC(C)C(NC(=O)CCc1nc2c(cnn2-c2ccccc2)c(=O)[nH]1)c1cccs1. The van der Waals surface area contributed by atoms with E-state index in [1.807, 2.05) is 47.8 Å². The van der Waals surface area contributed by atoms with Gasteiger partial charge in [-0.25, -0.2) is 9.67 Å². The Kier molecular flexibility index (Phi) is 5.76. The minimum Gasteiger partial charge on any atom is -0.348 e. The van der Waals surface area contributed by atoms with Crippen molar-refractivity contribution in [1.29, 1.82) is 0 Å². The topological polar surface area (TPSA) is 92.7 Å². The van der Waals surface area contributed by atoms with Gasteiger partial charge in [0.2, 0.25) is 5.91 Å². The Hall–Kier alpha value is -3.26. The molecule has 2 N–H and O–H groups in total. The second-order valence-corrected chi connectivity index (χ2v) is 8.43. The molecule has 1 amide bonds. The lowest BCUT2D eigenvalue weighted by Crippen LogP contribution is -2.31. The van der Waals surface area contributed by atoms with Gasteiger partial charge in [0.1, 0.15) is 11.2 Å². The van der Waals surface area contributed by atoms with E-state index in [0.717, 1.165) is 10.6 Å². The molecule has 0 spiro atoms. The van der Waals surface area contributed by atoms with Gasteiger partial charge in [0, 0.05) is 17.7 Å². The van der Waals surface area contributed by atoms with E-state index in [1.54, 1.807) is 16.0 Å². The molecule has 0 aliphatic carbocycles. The third-order valence-electron chi connectivity index (χ3n) is 4.91. The monoisotopic (exact) mass is 421 g/mol. The summed E-state index contributed by atoms with van der Waals surface area (Å²) < 4.78 is 1.64. The third kappa shape index (κ3) is 4.18. The number of fused-ring (bicyclic) bond motifs is 1. The van der Waals surface area contributed by atoms with Crippen molar-refractivity contribution in [3.05, 3.63) is 75.1 Å². The lowest BCUT2D eigenvalue weighted by Gasteiger charge is -2.21. The van der Waals surface area contributed by atoms with E-state index in [1.165, 1.54) is 6.20 Å². The highest BCUT2D eigenvalue weighted by molar-refractivity contribution is 7.10. The molecule has 0 aliphatic heterocycles. The van der Waals surface area contributed by atoms with Crippen LogP contribution in [0.2, 0.25) is 0 Å². The first kappa shape index (κ1) is 20.0. The van der Waals surface area contributed by atoms with E-state index in [0.29, 0.717) is 23.3 Å². The number of nitrogens with zero attached hydrogens (tertiary/aromatic N) is 3. The molecule has 154 valence electrons. The second-order valence-electron chi connectivity index (χ2n) is 7.45. The minimum absolute atomic E-state index is 0.0218. The molecule has 30 heavy (non-hydrogen) atoms. The maximum atomic E-state index is 12.6.